The SMILES string of the molecule is CCNc1nc2cc3c(cc2s1)OCCO3. The Morgan fingerprint density at radius 2 is 2.06 bits per heavy atom. The highest BCUT2D eigenvalue weighted by molar-refractivity contribution is 7.22. The van der Waals surface area contributed by atoms with Gasteiger partial charge in [0, 0.05) is 18.7 Å². The third-order valence-corrected chi connectivity index (χ3v) is 3.36. The van der Waals surface area contributed by atoms with E-state index >= 15 is 0 Å². The van der Waals surface area contributed by atoms with Gasteiger partial charge < -0.3 is 14.8 Å². The molecule has 2 heterocycles. The van der Waals surface area contributed by atoms with Crippen molar-refractivity contribution in [2.45, 2.75) is 6.92 Å². The van der Waals surface area contributed by atoms with Gasteiger partial charge in [-0.25, -0.2) is 4.98 Å². The van der Waals surface area contributed by atoms with E-state index in [1.807, 2.05) is 12.1 Å². The number of hydrogen-bond donors (Lipinski definition) is 1. The lowest BCUT2D eigenvalue weighted by atomic mass is 10.3. The maximum atomic E-state index is 5.53. The Bertz CT molecular complexity index is 481. The summed E-state index contributed by atoms with van der Waals surface area (Å²) in [6, 6.07) is 3.95. The summed E-state index contributed by atoms with van der Waals surface area (Å²) in [4.78, 5) is 4.48. The molecule has 3 rings (SSSR count). The minimum Gasteiger partial charge on any atom is -0.486 e. The summed E-state index contributed by atoms with van der Waals surface area (Å²) in [6.07, 6.45) is 0. The summed E-state index contributed by atoms with van der Waals surface area (Å²) in [5, 5.41) is 4.16. The smallest absolute Gasteiger partial charge is 0.183 e. The van der Waals surface area contributed by atoms with Gasteiger partial charge in [-0.2, -0.15) is 0 Å². The Balaban J connectivity index is 2.09. The number of rotatable bonds is 2. The van der Waals surface area contributed by atoms with Gasteiger partial charge in [-0.1, -0.05) is 11.3 Å². The standard InChI is InChI=1S/C11H12N2O2S/c1-2-12-11-13-7-5-8-9(6-10(7)16-11)15-4-3-14-8/h5-6H,2-4H2,1H3,(H,12,13). The molecule has 2 aromatic rings. The van der Waals surface area contributed by atoms with Gasteiger partial charge in [-0.05, 0) is 6.92 Å². The van der Waals surface area contributed by atoms with E-state index in [0.717, 1.165) is 33.4 Å². The first kappa shape index (κ1) is 9.72. The number of ether oxygens (including phenoxy) is 2. The van der Waals surface area contributed by atoms with Crippen LogP contribution in [0.15, 0.2) is 12.1 Å². The molecule has 0 atom stereocenters. The van der Waals surface area contributed by atoms with Crippen LogP contribution in [-0.4, -0.2) is 24.7 Å². The highest BCUT2D eigenvalue weighted by Crippen LogP contribution is 2.37. The molecule has 16 heavy (non-hydrogen) atoms. The number of thiazole rings is 1. The van der Waals surface area contributed by atoms with E-state index in [2.05, 4.69) is 17.2 Å². The van der Waals surface area contributed by atoms with Gasteiger partial charge in [-0.15, -0.1) is 0 Å². The van der Waals surface area contributed by atoms with Crippen LogP contribution < -0.4 is 14.8 Å². The lowest BCUT2D eigenvalue weighted by Crippen LogP contribution is -2.15. The highest BCUT2D eigenvalue weighted by Gasteiger charge is 2.14. The Morgan fingerprint density at radius 3 is 2.81 bits per heavy atom. The average molecular weight is 236 g/mol. The van der Waals surface area contributed by atoms with E-state index in [-0.39, 0.29) is 0 Å². The normalized spacial score (nSPS) is 14.1. The van der Waals surface area contributed by atoms with E-state index < -0.39 is 0 Å². The third-order valence-electron chi connectivity index (χ3n) is 2.38. The number of fused-ring (bicyclic) bond motifs is 2. The van der Waals surface area contributed by atoms with Crippen molar-refractivity contribution in [2.24, 2.45) is 0 Å². The molecule has 0 spiro atoms. The second-order valence-electron chi connectivity index (χ2n) is 3.51. The Hall–Kier alpha value is -1.49. The fraction of sp³-hybridized carbons (Fsp3) is 0.364. The first-order valence-electron chi connectivity index (χ1n) is 5.31. The van der Waals surface area contributed by atoms with Crippen LogP contribution in [0, 0.1) is 0 Å². The molecule has 5 heteroatoms. The van der Waals surface area contributed by atoms with Crippen molar-refractivity contribution >= 4 is 26.7 Å². The average Bonchev–Trinajstić information content (AvgIpc) is 2.67. The van der Waals surface area contributed by atoms with Gasteiger partial charge in [-0.3, -0.25) is 0 Å². The van der Waals surface area contributed by atoms with Crippen LogP contribution in [0.25, 0.3) is 10.2 Å². The van der Waals surface area contributed by atoms with Crippen molar-refractivity contribution in [3.63, 3.8) is 0 Å². The Morgan fingerprint density at radius 1 is 1.31 bits per heavy atom. The van der Waals surface area contributed by atoms with Crippen LogP contribution in [0.1, 0.15) is 6.92 Å². The van der Waals surface area contributed by atoms with Crippen LogP contribution in [0.3, 0.4) is 0 Å². The fourth-order valence-electron chi connectivity index (χ4n) is 1.69. The molecule has 0 unspecified atom stereocenters. The largest absolute Gasteiger partial charge is 0.486 e. The zero-order valence-electron chi connectivity index (χ0n) is 8.95. The van der Waals surface area contributed by atoms with E-state index in [1.54, 1.807) is 11.3 Å². The molecule has 1 aliphatic heterocycles. The lowest BCUT2D eigenvalue weighted by Gasteiger charge is -2.17. The van der Waals surface area contributed by atoms with Gasteiger partial charge in [0.15, 0.2) is 16.6 Å². The summed E-state index contributed by atoms with van der Waals surface area (Å²) in [7, 11) is 0. The van der Waals surface area contributed by atoms with E-state index in [9.17, 15) is 0 Å². The molecule has 4 nitrogen and oxygen atoms in total. The molecular formula is C11H12N2O2S. The number of nitrogens with one attached hydrogen (secondary N) is 1. The van der Waals surface area contributed by atoms with Crippen molar-refractivity contribution in [3.8, 4) is 11.5 Å². The Labute approximate surface area is 97.2 Å². The van der Waals surface area contributed by atoms with Crippen LogP contribution in [0.2, 0.25) is 0 Å². The molecule has 0 bridgehead atoms. The summed E-state index contributed by atoms with van der Waals surface area (Å²) < 4.78 is 12.2. The number of benzene rings is 1. The van der Waals surface area contributed by atoms with Crippen molar-refractivity contribution in [1.29, 1.82) is 0 Å². The second-order valence-corrected chi connectivity index (χ2v) is 4.54. The van der Waals surface area contributed by atoms with Crippen LogP contribution in [-0.2, 0) is 0 Å². The molecule has 1 aliphatic rings. The van der Waals surface area contributed by atoms with E-state index in [1.165, 1.54) is 0 Å². The first-order chi connectivity index (χ1) is 7.86. The third kappa shape index (κ3) is 1.57. The fourth-order valence-corrected chi connectivity index (χ4v) is 2.64. The predicted octanol–water partition coefficient (Wildman–Crippen LogP) is 2.50. The number of anilines is 1. The molecule has 0 fully saturated rings. The summed E-state index contributed by atoms with van der Waals surface area (Å²) in [5.74, 6) is 1.62. The molecule has 1 aromatic carbocycles. The molecule has 0 saturated carbocycles. The zero-order chi connectivity index (χ0) is 11.0. The van der Waals surface area contributed by atoms with E-state index in [4.69, 9.17) is 9.47 Å². The van der Waals surface area contributed by atoms with Crippen molar-refractivity contribution in [1.82, 2.24) is 4.98 Å². The number of aromatic nitrogens is 1. The molecule has 0 radical (unpaired) electrons. The minimum atomic E-state index is 0.614. The molecule has 1 aromatic heterocycles. The van der Waals surface area contributed by atoms with Crippen LogP contribution >= 0.6 is 11.3 Å². The quantitative estimate of drug-likeness (QED) is 0.870. The van der Waals surface area contributed by atoms with Gasteiger partial charge in [0.1, 0.15) is 13.2 Å². The molecule has 1 N–H and O–H groups in total. The van der Waals surface area contributed by atoms with Gasteiger partial charge in [0.05, 0.1) is 10.2 Å². The number of nitrogens with zero attached hydrogens (tertiary/aromatic N) is 1. The van der Waals surface area contributed by atoms with Crippen LogP contribution in [0.4, 0.5) is 5.13 Å². The number of hydrogen-bond acceptors (Lipinski definition) is 5. The Kier molecular flexibility index (Phi) is 2.32. The first-order valence-corrected chi connectivity index (χ1v) is 6.12. The summed E-state index contributed by atoms with van der Waals surface area (Å²) in [5.41, 5.74) is 0.963. The minimum absolute atomic E-state index is 0.614. The predicted molar refractivity (Wildman–Crippen MR) is 64.8 cm³/mol. The maximum absolute atomic E-state index is 5.53. The van der Waals surface area contributed by atoms with Gasteiger partial charge >= 0.3 is 0 Å². The topological polar surface area (TPSA) is 43.4 Å². The molecule has 0 saturated heterocycles. The van der Waals surface area contributed by atoms with Crippen molar-refractivity contribution < 1.29 is 9.47 Å². The van der Waals surface area contributed by atoms with Gasteiger partial charge in [0.2, 0.25) is 0 Å². The van der Waals surface area contributed by atoms with Crippen LogP contribution in [0.5, 0.6) is 11.5 Å². The van der Waals surface area contributed by atoms with Crippen molar-refractivity contribution in [3.05, 3.63) is 12.1 Å². The molecule has 0 amide bonds. The zero-order valence-corrected chi connectivity index (χ0v) is 9.76. The summed E-state index contributed by atoms with van der Waals surface area (Å²) in [6.45, 7) is 4.18. The highest BCUT2D eigenvalue weighted by atomic mass is 32.1. The van der Waals surface area contributed by atoms with Gasteiger partial charge in [0.25, 0.3) is 0 Å². The lowest BCUT2D eigenvalue weighted by molar-refractivity contribution is 0.172. The molecule has 84 valence electrons. The monoisotopic (exact) mass is 236 g/mol. The van der Waals surface area contributed by atoms with E-state index in [0.29, 0.717) is 13.2 Å². The second kappa shape index (κ2) is 3.83. The van der Waals surface area contributed by atoms with Crippen molar-refractivity contribution in [2.75, 3.05) is 25.1 Å². The molecular weight excluding hydrogens is 224 g/mol. The molecule has 0 aliphatic carbocycles. The summed E-state index contributed by atoms with van der Waals surface area (Å²) >= 11 is 1.64. The maximum Gasteiger partial charge on any atom is 0.183 e.